The van der Waals surface area contributed by atoms with Gasteiger partial charge in [-0.25, -0.2) is 4.79 Å². The molecule has 0 radical (unpaired) electrons. The van der Waals surface area contributed by atoms with Crippen LogP contribution < -0.4 is 0 Å². The summed E-state index contributed by atoms with van der Waals surface area (Å²) in [5, 5.41) is 8.43. The molecule has 0 bridgehead atoms. The Hall–Kier alpha value is -0.690. The summed E-state index contributed by atoms with van der Waals surface area (Å²) in [6, 6.07) is 0. The fourth-order valence-corrected chi connectivity index (χ4v) is 0.998. The maximum atomic E-state index is 11.1. The minimum Gasteiger partial charge on any atom is -0.464 e. The van der Waals surface area contributed by atoms with Gasteiger partial charge >= 0.3 is 5.97 Å². The second kappa shape index (κ2) is 11.8. The van der Waals surface area contributed by atoms with E-state index in [1.54, 1.807) is 13.8 Å². The Morgan fingerprint density at radius 1 is 1.12 bits per heavy atom. The summed E-state index contributed by atoms with van der Waals surface area (Å²) in [5.41, 5.74) is 0. The SMILES string of the molecule is CCOC(=O)C(C)OCCOCCOCCO. The Balaban J connectivity index is 3.24. The molecule has 1 atom stereocenters. The minimum atomic E-state index is -0.566. The lowest BCUT2D eigenvalue weighted by Gasteiger charge is -2.11. The van der Waals surface area contributed by atoms with Crippen molar-refractivity contribution in [2.45, 2.75) is 20.0 Å². The lowest BCUT2D eigenvalue weighted by atomic mass is 10.4. The molecule has 1 unspecified atom stereocenters. The van der Waals surface area contributed by atoms with E-state index in [-0.39, 0.29) is 12.6 Å². The summed E-state index contributed by atoms with van der Waals surface area (Å²) in [5.74, 6) is -0.362. The van der Waals surface area contributed by atoms with Gasteiger partial charge in [0.25, 0.3) is 0 Å². The number of rotatable bonds is 11. The van der Waals surface area contributed by atoms with E-state index in [9.17, 15) is 4.79 Å². The third-order valence-corrected chi connectivity index (χ3v) is 1.82. The van der Waals surface area contributed by atoms with Crippen molar-refractivity contribution in [1.29, 1.82) is 0 Å². The molecule has 0 aromatic rings. The van der Waals surface area contributed by atoms with E-state index < -0.39 is 6.10 Å². The number of carbonyl (C=O) groups excluding carboxylic acids is 1. The zero-order valence-corrected chi connectivity index (χ0v) is 10.5. The highest BCUT2D eigenvalue weighted by atomic mass is 16.6. The van der Waals surface area contributed by atoms with Crippen LogP contribution in [0.4, 0.5) is 0 Å². The van der Waals surface area contributed by atoms with E-state index in [1.165, 1.54) is 0 Å². The van der Waals surface area contributed by atoms with Gasteiger partial charge in [0.1, 0.15) is 0 Å². The van der Waals surface area contributed by atoms with Gasteiger partial charge in [-0.05, 0) is 13.8 Å². The molecule has 0 saturated heterocycles. The lowest BCUT2D eigenvalue weighted by Crippen LogP contribution is -2.25. The van der Waals surface area contributed by atoms with Crippen molar-refractivity contribution in [2.24, 2.45) is 0 Å². The van der Waals surface area contributed by atoms with Gasteiger partial charge in [0.15, 0.2) is 6.10 Å². The van der Waals surface area contributed by atoms with E-state index in [0.717, 1.165) is 0 Å². The van der Waals surface area contributed by atoms with Crippen molar-refractivity contribution in [3.05, 3.63) is 0 Å². The number of aliphatic hydroxyl groups is 1. The Labute approximate surface area is 102 Å². The summed E-state index contributed by atoms with van der Waals surface area (Å²) < 4.78 is 20.2. The topological polar surface area (TPSA) is 74.2 Å². The van der Waals surface area contributed by atoms with Crippen LogP contribution in [0, 0.1) is 0 Å². The minimum absolute atomic E-state index is 0.0141. The largest absolute Gasteiger partial charge is 0.464 e. The molecule has 17 heavy (non-hydrogen) atoms. The molecule has 0 rings (SSSR count). The van der Waals surface area contributed by atoms with Crippen molar-refractivity contribution >= 4 is 5.97 Å². The smallest absolute Gasteiger partial charge is 0.334 e. The van der Waals surface area contributed by atoms with E-state index in [4.69, 9.17) is 24.1 Å². The number of ether oxygens (including phenoxy) is 4. The van der Waals surface area contributed by atoms with Gasteiger partial charge in [0.2, 0.25) is 0 Å². The van der Waals surface area contributed by atoms with Crippen molar-refractivity contribution in [3.8, 4) is 0 Å². The molecule has 0 heterocycles. The van der Waals surface area contributed by atoms with E-state index in [2.05, 4.69) is 0 Å². The molecular weight excluding hydrogens is 228 g/mol. The van der Waals surface area contributed by atoms with Gasteiger partial charge in [0, 0.05) is 0 Å². The number of hydrogen-bond donors (Lipinski definition) is 1. The zero-order chi connectivity index (χ0) is 12.9. The predicted molar refractivity (Wildman–Crippen MR) is 60.8 cm³/mol. The average Bonchev–Trinajstić information content (AvgIpc) is 2.32. The van der Waals surface area contributed by atoms with Crippen LogP contribution in [0.25, 0.3) is 0 Å². The number of aliphatic hydroxyl groups excluding tert-OH is 1. The van der Waals surface area contributed by atoms with Crippen molar-refractivity contribution in [3.63, 3.8) is 0 Å². The zero-order valence-electron chi connectivity index (χ0n) is 10.5. The second-order valence-corrected chi connectivity index (χ2v) is 3.21. The molecule has 0 aliphatic rings. The summed E-state index contributed by atoms with van der Waals surface area (Å²) >= 11 is 0. The van der Waals surface area contributed by atoms with Gasteiger partial charge < -0.3 is 24.1 Å². The lowest BCUT2D eigenvalue weighted by molar-refractivity contribution is -0.156. The number of carbonyl (C=O) groups is 1. The van der Waals surface area contributed by atoms with Crippen LogP contribution >= 0.6 is 0 Å². The van der Waals surface area contributed by atoms with Crippen molar-refractivity contribution in [2.75, 3.05) is 46.2 Å². The Bertz CT molecular complexity index is 185. The van der Waals surface area contributed by atoms with Crippen LogP contribution in [0.15, 0.2) is 0 Å². The maximum absolute atomic E-state index is 11.1. The molecule has 0 aliphatic heterocycles. The molecule has 0 aromatic carbocycles. The number of esters is 1. The standard InChI is InChI=1S/C11H22O6/c1-3-16-11(13)10(2)17-9-8-15-7-6-14-5-4-12/h10,12H,3-9H2,1-2H3. The fourth-order valence-electron chi connectivity index (χ4n) is 0.998. The fraction of sp³-hybridized carbons (Fsp3) is 0.909. The monoisotopic (exact) mass is 250 g/mol. The summed E-state index contributed by atoms with van der Waals surface area (Å²) in [7, 11) is 0. The molecular formula is C11H22O6. The average molecular weight is 250 g/mol. The highest BCUT2D eigenvalue weighted by Gasteiger charge is 2.13. The number of hydrogen-bond acceptors (Lipinski definition) is 6. The van der Waals surface area contributed by atoms with Crippen LogP contribution in [-0.4, -0.2) is 63.4 Å². The van der Waals surface area contributed by atoms with Gasteiger partial charge in [-0.1, -0.05) is 0 Å². The Morgan fingerprint density at radius 3 is 2.29 bits per heavy atom. The first-order chi connectivity index (χ1) is 8.22. The van der Waals surface area contributed by atoms with Crippen LogP contribution in [0.2, 0.25) is 0 Å². The third-order valence-electron chi connectivity index (χ3n) is 1.82. The van der Waals surface area contributed by atoms with E-state index >= 15 is 0 Å². The normalized spacial score (nSPS) is 12.4. The van der Waals surface area contributed by atoms with E-state index in [0.29, 0.717) is 39.6 Å². The highest BCUT2D eigenvalue weighted by molar-refractivity contribution is 5.74. The van der Waals surface area contributed by atoms with Gasteiger partial charge in [-0.3, -0.25) is 0 Å². The van der Waals surface area contributed by atoms with Gasteiger partial charge in [-0.2, -0.15) is 0 Å². The van der Waals surface area contributed by atoms with Gasteiger partial charge in [0.05, 0.1) is 46.2 Å². The van der Waals surface area contributed by atoms with Crippen molar-refractivity contribution in [1.82, 2.24) is 0 Å². The predicted octanol–water partition coefficient (Wildman–Crippen LogP) is -0.0199. The molecule has 102 valence electrons. The van der Waals surface area contributed by atoms with Crippen molar-refractivity contribution < 1.29 is 28.8 Å². The highest BCUT2D eigenvalue weighted by Crippen LogP contribution is 1.94. The first kappa shape index (κ1) is 16.3. The quantitative estimate of drug-likeness (QED) is 0.410. The molecule has 0 amide bonds. The summed E-state index contributed by atoms with van der Waals surface area (Å²) in [4.78, 5) is 11.1. The first-order valence-electron chi connectivity index (χ1n) is 5.77. The van der Waals surface area contributed by atoms with Crippen LogP contribution in [0.1, 0.15) is 13.8 Å². The molecule has 6 heteroatoms. The van der Waals surface area contributed by atoms with E-state index in [1.807, 2.05) is 0 Å². The maximum Gasteiger partial charge on any atom is 0.334 e. The second-order valence-electron chi connectivity index (χ2n) is 3.21. The molecule has 0 aliphatic carbocycles. The molecule has 1 N–H and O–H groups in total. The van der Waals surface area contributed by atoms with Crippen LogP contribution in [-0.2, 0) is 23.7 Å². The Kier molecular flexibility index (Phi) is 11.3. The molecule has 0 aromatic heterocycles. The summed E-state index contributed by atoms with van der Waals surface area (Å²) in [6.45, 7) is 5.69. The Morgan fingerprint density at radius 2 is 1.71 bits per heavy atom. The molecule has 6 nitrogen and oxygen atoms in total. The summed E-state index contributed by atoms with van der Waals surface area (Å²) in [6.07, 6.45) is -0.566. The third kappa shape index (κ3) is 10.2. The van der Waals surface area contributed by atoms with Crippen LogP contribution in [0.5, 0.6) is 0 Å². The first-order valence-corrected chi connectivity index (χ1v) is 5.77. The van der Waals surface area contributed by atoms with Gasteiger partial charge in [-0.15, -0.1) is 0 Å². The molecule has 0 saturated carbocycles. The van der Waals surface area contributed by atoms with Crippen LogP contribution in [0.3, 0.4) is 0 Å². The molecule has 0 fully saturated rings. The molecule has 0 spiro atoms.